The van der Waals surface area contributed by atoms with Crippen molar-refractivity contribution in [2.75, 3.05) is 6.54 Å². The highest BCUT2D eigenvalue weighted by molar-refractivity contribution is 5.83. The maximum atomic E-state index is 12.7. The summed E-state index contributed by atoms with van der Waals surface area (Å²) in [4.78, 5) is 36.2. The normalized spacial score (nSPS) is 13.2. The fourth-order valence-electron chi connectivity index (χ4n) is 5.52. The molecule has 1 amide bonds. The summed E-state index contributed by atoms with van der Waals surface area (Å²) in [5.74, 6) is -1.32. The molecule has 0 aromatic rings. The maximum absolute atomic E-state index is 12.7. The number of allylic oxidation sites excluding steroid dienone is 8. The van der Waals surface area contributed by atoms with E-state index < -0.39 is 12.0 Å². The molecule has 0 rings (SSSR count). The van der Waals surface area contributed by atoms with Crippen molar-refractivity contribution in [2.24, 2.45) is 5.73 Å². The Hall–Kier alpha value is -2.67. The number of carboxylic acids is 1. The Morgan fingerprint density at radius 2 is 1.12 bits per heavy atom. The van der Waals surface area contributed by atoms with Crippen molar-refractivity contribution in [3.63, 3.8) is 0 Å². The van der Waals surface area contributed by atoms with Crippen molar-refractivity contribution in [1.29, 1.82) is 0 Å². The van der Waals surface area contributed by atoms with Gasteiger partial charge in [-0.2, -0.15) is 0 Å². The van der Waals surface area contributed by atoms with Gasteiger partial charge in [0.25, 0.3) is 0 Å². The Morgan fingerprint density at radius 3 is 1.65 bits per heavy atom. The Kier molecular flexibility index (Phi) is 33.7. The van der Waals surface area contributed by atoms with E-state index in [1.54, 1.807) is 0 Å². The van der Waals surface area contributed by atoms with Crippen LogP contribution in [-0.4, -0.2) is 41.6 Å². The summed E-state index contributed by atoms with van der Waals surface area (Å²) < 4.78 is 5.97. The van der Waals surface area contributed by atoms with Crippen molar-refractivity contribution < 1.29 is 24.2 Å². The minimum atomic E-state index is -1.01. The molecule has 0 aliphatic carbocycles. The number of aliphatic carboxylic acids is 1. The smallest absolute Gasteiger partial charge is 0.326 e. The second-order valence-corrected chi connectivity index (χ2v) is 13.0. The van der Waals surface area contributed by atoms with E-state index in [1.807, 2.05) is 0 Å². The molecule has 0 aliphatic rings. The molecule has 7 nitrogen and oxygen atoms in total. The third kappa shape index (κ3) is 31.9. The molecule has 0 heterocycles. The van der Waals surface area contributed by atoms with E-state index in [0.29, 0.717) is 38.6 Å². The lowest BCUT2D eigenvalue weighted by molar-refractivity contribution is -0.149. The zero-order chi connectivity index (χ0) is 35.3. The number of ether oxygens (including phenoxy) is 1. The molecule has 0 fully saturated rings. The van der Waals surface area contributed by atoms with Gasteiger partial charge in [-0.15, -0.1) is 0 Å². The predicted molar refractivity (Wildman–Crippen MR) is 202 cm³/mol. The van der Waals surface area contributed by atoms with Crippen LogP contribution in [-0.2, 0) is 19.1 Å². The molecule has 48 heavy (non-hydrogen) atoms. The summed E-state index contributed by atoms with van der Waals surface area (Å²) in [6, 6.07) is -0.861. The number of unbranched alkanes of at least 4 members (excludes halogenated alkanes) is 12. The average Bonchev–Trinajstić information content (AvgIpc) is 3.07. The Bertz CT molecular complexity index is 895. The van der Waals surface area contributed by atoms with Gasteiger partial charge in [0.1, 0.15) is 12.1 Å². The molecule has 4 N–H and O–H groups in total. The van der Waals surface area contributed by atoms with E-state index in [1.165, 1.54) is 51.4 Å². The van der Waals surface area contributed by atoms with Gasteiger partial charge < -0.3 is 20.9 Å². The van der Waals surface area contributed by atoms with Crippen molar-refractivity contribution in [2.45, 2.75) is 187 Å². The lowest BCUT2D eigenvalue weighted by Gasteiger charge is -2.18. The van der Waals surface area contributed by atoms with Gasteiger partial charge >= 0.3 is 11.9 Å². The van der Waals surface area contributed by atoms with E-state index in [0.717, 1.165) is 77.0 Å². The number of amides is 1. The molecule has 0 radical (unpaired) electrons. The minimum Gasteiger partial charge on any atom is -0.480 e. The summed E-state index contributed by atoms with van der Waals surface area (Å²) in [6.07, 6.45) is 41.6. The molecule has 0 aromatic heterocycles. The number of carbonyl (C=O) groups excluding carboxylic acids is 2. The number of rotatable bonds is 34. The summed E-state index contributed by atoms with van der Waals surface area (Å²) in [6.45, 7) is 4.80. The van der Waals surface area contributed by atoms with E-state index in [-0.39, 0.29) is 18.0 Å². The second kappa shape index (κ2) is 35.6. The monoisotopic (exact) mass is 673 g/mol. The summed E-state index contributed by atoms with van der Waals surface area (Å²) in [7, 11) is 0. The van der Waals surface area contributed by atoms with Gasteiger partial charge in [0.15, 0.2) is 0 Å². The van der Waals surface area contributed by atoms with Crippen molar-refractivity contribution in [1.82, 2.24) is 5.32 Å². The van der Waals surface area contributed by atoms with Gasteiger partial charge in [0.05, 0.1) is 0 Å². The topological polar surface area (TPSA) is 119 Å². The van der Waals surface area contributed by atoms with E-state index >= 15 is 0 Å². The molecular weight excluding hydrogens is 600 g/mol. The highest BCUT2D eigenvalue weighted by Crippen LogP contribution is 2.18. The Labute approximate surface area is 294 Å². The first-order valence-electron chi connectivity index (χ1n) is 19.5. The van der Waals surface area contributed by atoms with E-state index in [4.69, 9.17) is 10.5 Å². The third-order valence-corrected chi connectivity index (χ3v) is 8.42. The number of nitrogens with two attached hydrogens (primary N) is 1. The number of carboxylic acid groups (broad SMARTS) is 1. The third-order valence-electron chi connectivity index (χ3n) is 8.42. The summed E-state index contributed by atoms with van der Waals surface area (Å²) >= 11 is 0. The first-order valence-corrected chi connectivity index (χ1v) is 19.5. The van der Waals surface area contributed by atoms with Crippen LogP contribution in [0.4, 0.5) is 0 Å². The lowest BCUT2D eigenvalue weighted by Crippen LogP contribution is -2.40. The minimum absolute atomic E-state index is 0.0215. The number of esters is 1. The van der Waals surface area contributed by atoms with E-state index in [9.17, 15) is 19.5 Å². The zero-order valence-corrected chi connectivity index (χ0v) is 30.8. The number of nitrogens with one attached hydrogen (secondary N) is 1. The van der Waals surface area contributed by atoms with Crippen LogP contribution in [0.5, 0.6) is 0 Å². The molecule has 2 unspecified atom stereocenters. The van der Waals surface area contributed by atoms with Gasteiger partial charge in [-0.1, -0.05) is 133 Å². The second-order valence-electron chi connectivity index (χ2n) is 13.0. The van der Waals surface area contributed by atoms with E-state index in [2.05, 4.69) is 67.8 Å². The Morgan fingerprint density at radius 1 is 0.625 bits per heavy atom. The SMILES string of the molecule is CC/C=C\C/C=C\C/C=C\C/C=C\CCC(=O)OC(CCCCCCCCCCC)CCCCCCCC(=O)NC(CCCN)C(=O)O. The number of hydrogen-bond donors (Lipinski definition) is 3. The van der Waals surface area contributed by atoms with Crippen molar-refractivity contribution in [3.05, 3.63) is 48.6 Å². The largest absolute Gasteiger partial charge is 0.480 e. The van der Waals surface area contributed by atoms with Crippen LogP contribution >= 0.6 is 0 Å². The molecular formula is C41H72N2O5. The van der Waals surface area contributed by atoms with Crippen LogP contribution in [0.25, 0.3) is 0 Å². The van der Waals surface area contributed by atoms with Crippen molar-refractivity contribution >= 4 is 17.8 Å². The fourth-order valence-corrected chi connectivity index (χ4v) is 5.52. The highest BCUT2D eigenvalue weighted by Gasteiger charge is 2.19. The lowest BCUT2D eigenvalue weighted by atomic mass is 10.0. The maximum Gasteiger partial charge on any atom is 0.326 e. The van der Waals surface area contributed by atoms with Crippen LogP contribution in [0, 0.1) is 0 Å². The van der Waals surface area contributed by atoms with Gasteiger partial charge in [0.2, 0.25) is 5.91 Å². The van der Waals surface area contributed by atoms with Crippen LogP contribution in [0.15, 0.2) is 48.6 Å². The van der Waals surface area contributed by atoms with Crippen LogP contribution in [0.2, 0.25) is 0 Å². The summed E-state index contributed by atoms with van der Waals surface area (Å²) in [5.41, 5.74) is 5.47. The highest BCUT2D eigenvalue weighted by atomic mass is 16.5. The quantitative estimate of drug-likeness (QED) is 0.0356. The summed E-state index contributed by atoms with van der Waals surface area (Å²) in [5, 5.41) is 11.9. The molecule has 0 bridgehead atoms. The standard InChI is InChI=1S/C41H72N2O5/c1-3-5-7-9-11-13-14-15-16-18-20-25-29-35-40(45)48-37(31-26-22-19-17-12-10-8-6-4-2)32-27-23-21-24-28-34-39(44)43-38(41(46)47)33-30-36-42/h5,7,11,13,15-16,20,25,37-38H,3-4,6,8-10,12,14,17-19,21-24,26-36,42H2,1-2H3,(H,43,44)(H,46,47)/b7-5-,13-11-,16-15-,25-20-. The molecule has 276 valence electrons. The molecule has 0 spiro atoms. The first-order chi connectivity index (χ1) is 23.4. The zero-order valence-electron chi connectivity index (χ0n) is 30.8. The van der Waals surface area contributed by atoms with Crippen molar-refractivity contribution in [3.8, 4) is 0 Å². The van der Waals surface area contributed by atoms with Gasteiger partial charge in [-0.05, 0) is 83.6 Å². The molecule has 2 atom stereocenters. The molecule has 0 saturated carbocycles. The van der Waals surface area contributed by atoms with Gasteiger partial charge in [0, 0.05) is 12.8 Å². The first kappa shape index (κ1) is 45.3. The van der Waals surface area contributed by atoms with Crippen LogP contribution in [0.1, 0.15) is 174 Å². The number of carbonyl (C=O) groups is 3. The molecule has 0 saturated heterocycles. The van der Waals surface area contributed by atoms with Gasteiger partial charge in [-0.3, -0.25) is 9.59 Å². The molecule has 0 aliphatic heterocycles. The van der Waals surface area contributed by atoms with Crippen LogP contribution in [0.3, 0.4) is 0 Å². The number of hydrogen-bond acceptors (Lipinski definition) is 5. The fraction of sp³-hybridized carbons (Fsp3) is 0.732. The predicted octanol–water partition coefficient (Wildman–Crippen LogP) is 10.4. The Balaban J connectivity index is 4.41. The molecule has 0 aromatic carbocycles. The van der Waals surface area contributed by atoms with Gasteiger partial charge in [-0.25, -0.2) is 4.79 Å². The average molecular weight is 673 g/mol. The van der Waals surface area contributed by atoms with Crippen LogP contribution < -0.4 is 11.1 Å². The molecule has 7 heteroatoms.